The van der Waals surface area contributed by atoms with Gasteiger partial charge in [-0.15, -0.1) is 0 Å². The summed E-state index contributed by atoms with van der Waals surface area (Å²) in [5.74, 6) is 7.61. The summed E-state index contributed by atoms with van der Waals surface area (Å²) in [5.41, 5.74) is 0.637. The fourth-order valence-corrected chi connectivity index (χ4v) is 8.60. The molecule has 0 saturated heterocycles. The standard InChI is InChI=1S/C25H44O/c1-16(2)5-6-17(3)23-11-12-24-22-9-7-18-15-19(26)8-10-20(18)21(22)13-14-25(23,24)4/h16-24,26H,5-15H2,1-4H3/t17-,18+,19+,20?,21?,22?,23?,24?,25-/m1/s1. The molecule has 26 heavy (non-hydrogen) atoms. The molecule has 0 aromatic rings. The maximum absolute atomic E-state index is 10.1. The van der Waals surface area contributed by atoms with Crippen LogP contribution in [0.3, 0.4) is 0 Å². The highest BCUT2D eigenvalue weighted by molar-refractivity contribution is 5.06. The van der Waals surface area contributed by atoms with E-state index < -0.39 is 0 Å². The molecule has 0 amide bonds. The summed E-state index contributed by atoms with van der Waals surface area (Å²) in [5, 5.41) is 10.1. The van der Waals surface area contributed by atoms with Gasteiger partial charge in [0.1, 0.15) is 0 Å². The smallest absolute Gasteiger partial charge is 0.0543 e. The van der Waals surface area contributed by atoms with Gasteiger partial charge in [0, 0.05) is 0 Å². The minimum Gasteiger partial charge on any atom is -0.393 e. The van der Waals surface area contributed by atoms with E-state index in [2.05, 4.69) is 27.7 Å². The van der Waals surface area contributed by atoms with E-state index in [1.807, 2.05) is 0 Å². The SMILES string of the molecule is CC(C)CC[C@@H](C)C1CCC2C3CC[C@H]4C[C@@H](O)CCC4C3CC[C@@]21C. The molecule has 4 fully saturated rings. The van der Waals surface area contributed by atoms with Crippen LogP contribution in [0.2, 0.25) is 0 Å². The lowest BCUT2D eigenvalue weighted by molar-refractivity contribution is -0.0822. The first-order valence-corrected chi connectivity index (χ1v) is 12.1. The van der Waals surface area contributed by atoms with Gasteiger partial charge in [-0.1, -0.05) is 40.5 Å². The molecule has 4 saturated carbocycles. The monoisotopic (exact) mass is 360 g/mol. The van der Waals surface area contributed by atoms with E-state index in [0.29, 0.717) is 5.41 Å². The van der Waals surface area contributed by atoms with E-state index in [9.17, 15) is 5.11 Å². The van der Waals surface area contributed by atoms with Crippen molar-refractivity contribution in [3.8, 4) is 0 Å². The van der Waals surface area contributed by atoms with Crippen molar-refractivity contribution in [2.75, 3.05) is 0 Å². The Labute approximate surface area is 162 Å². The first kappa shape index (κ1) is 19.3. The Morgan fingerprint density at radius 2 is 1.62 bits per heavy atom. The van der Waals surface area contributed by atoms with Crippen molar-refractivity contribution in [3.05, 3.63) is 0 Å². The van der Waals surface area contributed by atoms with Gasteiger partial charge in [-0.05, 0) is 111 Å². The molecule has 0 radical (unpaired) electrons. The van der Waals surface area contributed by atoms with Crippen molar-refractivity contribution in [1.82, 2.24) is 0 Å². The normalized spacial score (nSPS) is 49.4. The summed E-state index contributed by atoms with van der Waals surface area (Å²) in [4.78, 5) is 0. The zero-order valence-electron chi connectivity index (χ0n) is 17.9. The minimum atomic E-state index is 0.0133. The summed E-state index contributed by atoms with van der Waals surface area (Å²) < 4.78 is 0. The van der Waals surface area contributed by atoms with E-state index in [1.165, 1.54) is 57.8 Å². The molecular formula is C25H44O. The molecule has 0 bridgehead atoms. The van der Waals surface area contributed by atoms with Crippen LogP contribution < -0.4 is 0 Å². The van der Waals surface area contributed by atoms with Gasteiger partial charge in [0.15, 0.2) is 0 Å². The highest BCUT2D eigenvalue weighted by Crippen LogP contribution is 2.65. The van der Waals surface area contributed by atoms with E-state index in [-0.39, 0.29) is 6.10 Å². The van der Waals surface area contributed by atoms with Crippen LogP contribution in [0.4, 0.5) is 0 Å². The molecule has 5 unspecified atom stereocenters. The number of aliphatic hydroxyl groups excluding tert-OH is 1. The van der Waals surface area contributed by atoms with Crippen LogP contribution in [0.15, 0.2) is 0 Å². The molecule has 4 rings (SSSR count). The summed E-state index contributed by atoms with van der Waals surface area (Å²) in [6.45, 7) is 10.0. The average molecular weight is 361 g/mol. The highest BCUT2D eigenvalue weighted by Gasteiger charge is 2.57. The second kappa shape index (κ2) is 7.41. The van der Waals surface area contributed by atoms with Crippen LogP contribution in [0.1, 0.15) is 98.3 Å². The Morgan fingerprint density at radius 1 is 0.846 bits per heavy atom. The summed E-state index contributed by atoms with van der Waals surface area (Å²) in [6, 6.07) is 0. The van der Waals surface area contributed by atoms with Crippen molar-refractivity contribution in [2.24, 2.45) is 52.8 Å². The van der Waals surface area contributed by atoms with E-state index >= 15 is 0 Å². The Hall–Kier alpha value is -0.0400. The predicted molar refractivity (Wildman–Crippen MR) is 110 cm³/mol. The summed E-state index contributed by atoms with van der Waals surface area (Å²) >= 11 is 0. The van der Waals surface area contributed by atoms with Gasteiger partial charge in [-0.3, -0.25) is 0 Å². The first-order chi connectivity index (χ1) is 12.4. The molecule has 9 atom stereocenters. The topological polar surface area (TPSA) is 20.2 Å². The van der Waals surface area contributed by atoms with Crippen LogP contribution in [0.25, 0.3) is 0 Å². The molecule has 0 aliphatic heterocycles. The Bertz CT molecular complexity index is 485. The molecule has 0 aromatic carbocycles. The second-order valence-electron chi connectivity index (χ2n) is 11.6. The maximum Gasteiger partial charge on any atom is 0.0543 e. The fraction of sp³-hybridized carbons (Fsp3) is 1.00. The maximum atomic E-state index is 10.1. The molecule has 1 nitrogen and oxygen atoms in total. The van der Waals surface area contributed by atoms with Gasteiger partial charge >= 0.3 is 0 Å². The number of fused-ring (bicyclic) bond motifs is 5. The van der Waals surface area contributed by atoms with E-state index in [0.717, 1.165) is 60.2 Å². The zero-order valence-corrected chi connectivity index (χ0v) is 17.9. The van der Waals surface area contributed by atoms with Gasteiger partial charge in [0.05, 0.1) is 6.10 Å². The van der Waals surface area contributed by atoms with Gasteiger partial charge in [-0.25, -0.2) is 0 Å². The fourth-order valence-electron chi connectivity index (χ4n) is 8.60. The molecule has 0 aromatic heterocycles. The lowest BCUT2D eigenvalue weighted by atomic mass is 9.49. The molecule has 0 spiro atoms. The van der Waals surface area contributed by atoms with Crippen LogP contribution in [-0.2, 0) is 0 Å². The van der Waals surface area contributed by atoms with Crippen LogP contribution >= 0.6 is 0 Å². The van der Waals surface area contributed by atoms with E-state index in [4.69, 9.17) is 0 Å². The molecule has 1 N–H and O–H groups in total. The van der Waals surface area contributed by atoms with Crippen molar-refractivity contribution < 1.29 is 5.11 Å². The number of aliphatic hydroxyl groups is 1. The third-order valence-electron chi connectivity index (χ3n) is 9.89. The van der Waals surface area contributed by atoms with Crippen LogP contribution in [0.5, 0.6) is 0 Å². The Morgan fingerprint density at radius 3 is 2.38 bits per heavy atom. The molecule has 4 aliphatic carbocycles. The number of rotatable bonds is 4. The molecule has 150 valence electrons. The van der Waals surface area contributed by atoms with E-state index in [1.54, 1.807) is 0 Å². The third kappa shape index (κ3) is 3.29. The second-order valence-corrected chi connectivity index (χ2v) is 11.6. The van der Waals surface area contributed by atoms with Crippen molar-refractivity contribution >= 4 is 0 Å². The highest BCUT2D eigenvalue weighted by atomic mass is 16.3. The molecule has 4 aliphatic rings. The molecular weight excluding hydrogens is 316 g/mol. The summed E-state index contributed by atoms with van der Waals surface area (Å²) in [6.07, 6.45) is 15.3. The van der Waals surface area contributed by atoms with Crippen molar-refractivity contribution in [3.63, 3.8) is 0 Å². The zero-order chi connectivity index (χ0) is 18.5. The minimum absolute atomic E-state index is 0.0133. The quantitative estimate of drug-likeness (QED) is 0.592. The van der Waals surface area contributed by atoms with Crippen LogP contribution in [-0.4, -0.2) is 11.2 Å². The van der Waals surface area contributed by atoms with Crippen LogP contribution in [0, 0.1) is 52.8 Å². The first-order valence-electron chi connectivity index (χ1n) is 12.1. The Kier molecular flexibility index (Phi) is 5.50. The summed E-state index contributed by atoms with van der Waals surface area (Å²) in [7, 11) is 0. The molecule has 0 heterocycles. The number of hydrogen-bond donors (Lipinski definition) is 1. The van der Waals surface area contributed by atoms with Crippen molar-refractivity contribution in [1.29, 1.82) is 0 Å². The van der Waals surface area contributed by atoms with Gasteiger partial charge in [0.2, 0.25) is 0 Å². The third-order valence-corrected chi connectivity index (χ3v) is 9.89. The lowest BCUT2D eigenvalue weighted by Gasteiger charge is -2.56. The number of hydrogen-bond acceptors (Lipinski definition) is 1. The predicted octanol–water partition coefficient (Wildman–Crippen LogP) is 6.69. The lowest BCUT2D eigenvalue weighted by Crippen LogP contribution is -2.49. The van der Waals surface area contributed by atoms with Gasteiger partial charge in [0.25, 0.3) is 0 Å². The van der Waals surface area contributed by atoms with Crippen molar-refractivity contribution in [2.45, 2.75) is 104 Å². The average Bonchev–Trinajstić information content (AvgIpc) is 2.96. The Balaban J connectivity index is 1.46. The largest absolute Gasteiger partial charge is 0.393 e. The van der Waals surface area contributed by atoms with Gasteiger partial charge in [-0.2, -0.15) is 0 Å². The van der Waals surface area contributed by atoms with Gasteiger partial charge < -0.3 is 5.11 Å². The molecule has 1 heteroatoms.